The van der Waals surface area contributed by atoms with Gasteiger partial charge in [-0.15, -0.1) is 0 Å². The van der Waals surface area contributed by atoms with Crippen LogP contribution in [0.25, 0.3) is 11.0 Å². The number of nitrogens with zero attached hydrogens (tertiary/aromatic N) is 1. The minimum absolute atomic E-state index is 0.175. The van der Waals surface area contributed by atoms with Crippen molar-refractivity contribution in [1.82, 2.24) is 9.97 Å². The van der Waals surface area contributed by atoms with Gasteiger partial charge in [0.1, 0.15) is 0 Å². The van der Waals surface area contributed by atoms with Gasteiger partial charge in [0.25, 0.3) is 0 Å². The Morgan fingerprint density at radius 3 is 2.62 bits per heavy atom. The summed E-state index contributed by atoms with van der Waals surface area (Å²) in [6.45, 7) is 0. The molecule has 0 saturated heterocycles. The summed E-state index contributed by atoms with van der Waals surface area (Å²) in [6, 6.07) is 3.16. The molecule has 0 aliphatic rings. The van der Waals surface area contributed by atoms with Gasteiger partial charge >= 0.3 is 6.18 Å². The number of halogens is 3. The summed E-state index contributed by atoms with van der Waals surface area (Å²) in [5.74, 6) is 0. The molecule has 2 rings (SSSR count). The zero-order valence-electron chi connectivity index (χ0n) is 8.13. The zero-order valence-corrected chi connectivity index (χ0v) is 8.95. The van der Waals surface area contributed by atoms with Crippen molar-refractivity contribution in [3.63, 3.8) is 0 Å². The van der Waals surface area contributed by atoms with E-state index in [4.69, 9.17) is 0 Å². The summed E-state index contributed by atoms with van der Waals surface area (Å²) in [6.07, 6.45) is -2.98. The molecule has 0 radical (unpaired) electrons. The van der Waals surface area contributed by atoms with Crippen LogP contribution < -0.4 is 0 Å². The second-order valence-corrected chi connectivity index (χ2v) is 4.52. The number of aromatic amines is 1. The zero-order chi connectivity index (χ0) is 11.9. The number of hydrogen-bond donors (Lipinski definition) is 1. The number of nitrogens with one attached hydrogen (secondary N) is 1. The van der Waals surface area contributed by atoms with Crippen LogP contribution in [0.1, 0.15) is 5.56 Å². The molecule has 1 aromatic carbocycles. The number of rotatable bonds is 1. The summed E-state index contributed by atoms with van der Waals surface area (Å²) in [4.78, 5) is 6.51. The third-order valence-electron chi connectivity index (χ3n) is 2.06. The Hall–Kier alpha value is -1.37. The maximum absolute atomic E-state index is 12.4. The third-order valence-corrected chi connectivity index (χ3v) is 2.80. The number of imidazole rings is 1. The molecular weight excluding hydrogens is 241 g/mol. The van der Waals surface area contributed by atoms with Crippen molar-refractivity contribution in [3.8, 4) is 0 Å². The van der Waals surface area contributed by atoms with E-state index >= 15 is 0 Å². The predicted molar refractivity (Wildman–Crippen MR) is 53.4 cm³/mol. The number of hydrogen-bond acceptors (Lipinski definition) is 2. The van der Waals surface area contributed by atoms with E-state index in [1.807, 2.05) is 0 Å². The number of aromatic nitrogens is 2. The van der Waals surface area contributed by atoms with Crippen LogP contribution in [0.15, 0.2) is 23.4 Å². The Bertz CT molecular complexity index is 561. The number of H-pyrrole nitrogens is 1. The van der Waals surface area contributed by atoms with Crippen LogP contribution in [0.4, 0.5) is 13.2 Å². The van der Waals surface area contributed by atoms with Crippen molar-refractivity contribution in [3.05, 3.63) is 23.8 Å². The topological polar surface area (TPSA) is 45.8 Å². The van der Waals surface area contributed by atoms with Gasteiger partial charge < -0.3 is 4.98 Å². The summed E-state index contributed by atoms with van der Waals surface area (Å²) in [5.41, 5.74) is -0.143. The van der Waals surface area contributed by atoms with E-state index in [9.17, 15) is 17.4 Å². The Balaban J connectivity index is 2.58. The first-order valence-corrected chi connectivity index (χ1v) is 5.84. The molecule has 1 aromatic heterocycles. The lowest BCUT2D eigenvalue weighted by Crippen LogP contribution is -2.04. The van der Waals surface area contributed by atoms with E-state index in [0.717, 1.165) is 12.1 Å². The van der Waals surface area contributed by atoms with Crippen molar-refractivity contribution >= 4 is 21.8 Å². The average Bonchev–Trinajstić information content (AvgIpc) is 2.58. The second kappa shape index (κ2) is 3.58. The molecule has 1 atom stereocenters. The van der Waals surface area contributed by atoms with Crippen molar-refractivity contribution in [2.24, 2.45) is 0 Å². The Morgan fingerprint density at radius 2 is 2.06 bits per heavy atom. The molecule has 1 N–H and O–H groups in total. The van der Waals surface area contributed by atoms with Crippen LogP contribution in [0, 0.1) is 0 Å². The Morgan fingerprint density at radius 1 is 1.38 bits per heavy atom. The average molecular weight is 248 g/mol. The summed E-state index contributed by atoms with van der Waals surface area (Å²) < 4.78 is 48.3. The van der Waals surface area contributed by atoms with Crippen molar-refractivity contribution in [2.75, 3.05) is 6.26 Å². The minimum Gasteiger partial charge on any atom is -0.331 e. The quantitative estimate of drug-likeness (QED) is 0.841. The molecule has 86 valence electrons. The molecule has 7 heteroatoms. The standard InChI is InChI=1S/C9H7F3N2OS/c1-16(15)8-13-6-3-2-5(9(10,11)12)4-7(6)14-8/h2-4H,1H3,(H,13,14). The molecule has 0 bridgehead atoms. The molecule has 0 saturated carbocycles. The fourth-order valence-electron chi connectivity index (χ4n) is 1.30. The first kappa shape index (κ1) is 11.1. The highest BCUT2D eigenvalue weighted by Crippen LogP contribution is 2.30. The molecular formula is C9H7F3N2OS. The highest BCUT2D eigenvalue weighted by molar-refractivity contribution is 7.84. The Kier molecular flexibility index (Phi) is 2.49. The van der Waals surface area contributed by atoms with Gasteiger partial charge in [0.2, 0.25) is 0 Å². The molecule has 1 unspecified atom stereocenters. The van der Waals surface area contributed by atoms with E-state index in [2.05, 4.69) is 9.97 Å². The van der Waals surface area contributed by atoms with Crippen LogP contribution in [-0.2, 0) is 17.0 Å². The highest BCUT2D eigenvalue weighted by atomic mass is 32.2. The van der Waals surface area contributed by atoms with E-state index in [1.165, 1.54) is 12.3 Å². The lowest BCUT2D eigenvalue weighted by molar-refractivity contribution is -0.137. The third kappa shape index (κ3) is 1.95. The van der Waals surface area contributed by atoms with Gasteiger partial charge in [0.05, 0.1) is 27.4 Å². The largest absolute Gasteiger partial charge is 0.416 e. The van der Waals surface area contributed by atoms with Crippen molar-refractivity contribution in [2.45, 2.75) is 11.3 Å². The van der Waals surface area contributed by atoms with E-state index in [1.54, 1.807) is 0 Å². The lowest BCUT2D eigenvalue weighted by atomic mass is 10.2. The molecule has 16 heavy (non-hydrogen) atoms. The summed E-state index contributed by atoms with van der Waals surface area (Å²) in [7, 11) is -1.34. The summed E-state index contributed by atoms with van der Waals surface area (Å²) >= 11 is 0. The molecule has 0 aliphatic heterocycles. The van der Waals surface area contributed by atoms with Gasteiger partial charge in [-0.2, -0.15) is 13.2 Å². The van der Waals surface area contributed by atoms with Gasteiger partial charge in [-0.05, 0) is 18.2 Å². The molecule has 0 fully saturated rings. The number of benzene rings is 1. The van der Waals surface area contributed by atoms with E-state index < -0.39 is 22.5 Å². The van der Waals surface area contributed by atoms with Crippen LogP contribution in [0.2, 0.25) is 0 Å². The van der Waals surface area contributed by atoms with Crippen LogP contribution >= 0.6 is 0 Å². The predicted octanol–water partition coefficient (Wildman–Crippen LogP) is 2.32. The smallest absolute Gasteiger partial charge is 0.331 e. The molecule has 0 amide bonds. The normalized spacial score (nSPS) is 14.2. The van der Waals surface area contributed by atoms with Gasteiger partial charge in [-0.1, -0.05) is 0 Å². The molecule has 3 nitrogen and oxygen atoms in total. The van der Waals surface area contributed by atoms with E-state index in [0.29, 0.717) is 5.52 Å². The fraction of sp³-hybridized carbons (Fsp3) is 0.222. The van der Waals surface area contributed by atoms with Crippen molar-refractivity contribution < 1.29 is 17.4 Å². The lowest BCUT2D eigenvalue weighted by Gasteiger charge is -2.04. The fourth-order valence-corrected chi connectivity index (χ4v) is 1.78. The molecule has 0 spiro atoms. The van der Waals surface area contributed by atoms with Crippen LogP contribution in [-0.4, -0.2) is 20.4 Å². The highest BCUT2D eigenvalue weighted by Gasteiger charge is 2.30. The van der Waals surface area contributed by atoms with E-state index in [-0.39, 0.29) is 10.7 Å². The molecule has 0 aliphatic carbocycles. The maximum atomic E-state index is 12.4. The van der Waals surface area contributed by atoms with Gasteiger partial charge in [0, 0.05) is 6.26 Å². The van der Waals surface area contributed by atoms with Crippen LogP contribution in [0.5, 0.6) is 0 Å². The minimum atomic E-state index is -4.38. The van der Waals surface area contributed by atoms with Gasteiger partial charge in [-0.25, -0.2) is 4.98 Å². The molecule has 1 heterocycles. The SMILES string of the molecule is CS(=O)c1nc2ccc(C(F)(F)F)cc2[nH]1. The first-order chi connectivity index (χ1) is 7.38. The van der Waals surface area contributed by atoms with Gasteiger partial charge in [-0.3, -0.25) is 4.21 Å². The number of alkyl halides is 3. The Labute approximate surface area is 91.1 Å². The molecule has 2 aromatic rings. The summed E-state index contributed by atoms with van der Waals surface area (Å²) in [5, 5.41) is 0.175. The second-order valence-electron chi connectivity index (χ2n) is 3.23. The van der Waals surface area contributed by atoms with Gasteiger partial charge in [0.15, 0.2) is 5.16 Å². The van der Waals surface area contributed by atoms with Crippen LogP contribution in [0.3, 0.4) is 0 Å². The monoisotopic (exact) mass is 248 g/mol. The van der Waals surface area contributed by atoms with Crippen molar-refractivity contribution in [1.29, 1.82) is 0 Å². The first-order valence-electron chi connectivity index (χ1n) is 4.28. The maximum Gasteiger partial charge on any atom is 0.416 e. The number of fused-ring (bicyclic) bond motifs is 1.